The molecular formula is C21H26N4O. The zero-order valence-corrected chi connectivity index (χ0v) is 15.5. The Bertz CT molecular complexity index is 849. The summed E-state index contributed by atoms with van der Waals surface area (Å²) in [7, 11) is 0. The first-order valence-corrected chi connectivity index (χ1v) is 9.59. The molecule has 1 saturated heterocycles. The number of hydrogen-bond donors (Lipinski definition) is 1. The number of nitrogens with zero attached hydrogens (tertiary/aromatic N) is 3. The molecule has 5 nitrogen and oxygen atoms in total. The SMILES string of the molecule is CCc1ccc(-c2[nH]ncc2CN2CCC[C@H]2c2cc(CC)no2)cc1. The fraction of sp³-hybridized carbons (Fsp3) is 0.429. The quantitative estimate of drug-likeness (QED) is 0.710. The van der Waals surface area contributed by atoms with Crippen LogP contribution in [-0.4, -0.2) is 26.8 Å². The molecule has 1 fully saturated rings. The molecule has 0 radical (unpaired) electrons. The monoisotopic (exact) mass is 350 g/mol. The molecule has 0 spiro atoms. The first-order chi connectivity index (χ1) is 12.8. The second kappa shape index (κ2) is 7.46. The second-order valence-corrected chi connectivity index (χ2v) is 7.02. The van der Waals surface area contributed by atoms with E-state index in [1.807, 2.05) is 6.20 Å². The molecule has 1 N–H and O–H groups in total. The molecule has 1 aromatic carbocycles. The van der Waals surface area contributed by atoms with Crippen LogP contribution in [0.4, 0.5) is 0 Å². The third-order valence-corrected chi connectivity index (χ3v) is 5.37. The first-order valence-electron chi connectivity index (χ1n) is 9.59. The van der Waals surface area contributed by atoms with E-state index in [2.05, 4.69) is 64.4 Å². The highest BCUT2D eigenvalue weighted by atomic mass is 16.5. The highest BCUT2D eigenvalue weighted by Crippen LogP contribution is 2.35. The minimum absolute atomic E-state index is 0.313. The summed E-state index contributed by atoms with van der Waals surface area (Å²) in [6.07, 6.45) is 6.23. The highest BCUT2D eigenvalue weighted by Gasteiger charge is 2.30. The van der Waals surface area contributed by atoms with Crippen molar-refractivity contribution in [3.63, 3.8) is 0 Å². The van der Waals surface area contributed by atoms with E-state index in [1.54, 1.807) is 0 Å². The normalized spacial score (nSPS) is 17.8. The lowest BCUT2D eigenvalue weighted by atomic mass is 10.0. The van der Waals surface area contributed by atoms with Crippen LogP contribution in [-0.2, 0) is 19.4 Å². The molecule has 26 heavy (non-hydrogen) atoms. The summed E-state index contributed by atoms with van der Waals surface area (Å²) in [6, 6.07) is 11.2. The van der Waals surface area contributed by atoms with Crippen molar-refractivity contribution in [3.05, 3.63) is 59.1 Å². The fourth-order valence-corrected chi connectivity index (χ4v) is 3.80. The van der Waals surface area contributed by atoms with Gasteiger partial charge < -0.3 is 4.52 Å². The van der Waals surface area contributed by atoms with Gasteiger partial charge in [0.05, 0.1) is 23.6 Å². The van der Waals surface area contributed by atoms with E-state index in [1.165, 1.54) is 23.1 Å². The molecule has 4 rings (SSSR count). The summed E-state index contributed by atoms with van der Waals surface area (Å²) in [6.45, 7) is 6.23. The Hall–Kier alpha value is -2.40. The number of aromatic amines is 1. The molecule has 1 aliphatic heterocycles. The smallest absolute Gasteiger partial charge is 0.154 e. The van der Waals surface area contributed by atoms with Crippen LogP contribution in [0.25, 0.3) is 11.3 Å². The molecule has 0 unspecified atom stereocenters. The van der Waals surface area contributed by atoms with E-state index >= 15 is 0 Å². The summed E-state index contributed by atoms with van der Waals surface area (Å²) in [5.74, 6) is 0.997. The van der Waals surface area contributed by atoms with Gasteiger partial charge in [0.2, 0.25) is 0 Å². The maximum atomic E-state index is 5.61. The number of aryl methyl sites for hydroxylation is 2. The van der Waals surface area contributed by atoms with Crippen molar-refractivity contribution in [3.8, 4) is 11.3 Å². The Balaban J connectivity index is 1.54. The molecule has 0 bridgehead atoms. The van der Waals surface area contributed by atoms with Crippen molar-refractivity contribution in [2.75, 3.05) is 6.54 Å². The molecule has 0 saturated carbocycles. The number of likely N-dealkylation sites (tertiary alicyclic amines) is 1. The maximum absolute atomic E-state index is 5.61. The van der Waals surface area contributed by atoms with Crippen LogP contribution in [0, 0.1) is 0 Å². The Kier molecular flexibility index (Phi) is 4.89. The van der Waals surface area contributed by atoms with Gasteiger partial charge in [-0.1, -0.05) is 43.3 Å². The highest BCUT2D eigenvalue weighted by molar-refractivity contribution is 5.62. The minimum atomic E-state index is 0.313. The Labute approximate surface area is 154 Å². The Morgan fingerprint density at radius 3 is 2.77 bits per heavy atom. The molecule has 0 amide bonds. The lowest BCUT2D eigenvalue weighted by Crippen LogP contribution is -2.22. The van der Waals surface area contributed by atoms with Gasteiger partial charge in [0, 0.05) is 18.2 Å². The molecule has 136 valence electrons. The van der Waals surface area contributed by atoms with Crippen LogP contribution < -0.4 is 0 Å². The Morgan fingerprint density at radius 1 is 1.19 bits per heavy atom. The van der Waals surface area contributed by atoms with Gasteiger partial charge in [-0.25, -0.2) is 0 Å². The van der Waals surface area contributed by atoms with Gasteiger partial charge in [-0.3, -0.25) is 10.00 Å². The van der Waals surface area contributed by atoms with E-state index < -0.39 is 0 Å². The van der Waals surface area contributed by atoms with Crippen molar-refractivity contribution in [1.29, 1.82) is 0 Å². The summed E-state index contributed by atoms with van der Waals surface area (Å²) >= 11 is 0. The van der Waals surface area contributed by atoms with Crippen LogP contribution in [0.15, 0.2) is 41.1 Å². The third-order valence-electron chi connectivity index (χ3n) is 5.37. The fourth-order valence-electron chi connectivity index (χ4n) is 3.80. The van der Waals surface area contributed by atoms with Crippen molar-refractivity contribution in [2.24, 2.45) is 0 Å². The van der Waals surface area contributed by atoms with Crippen molar-refractivity contribution in [1.82, 2.24) is 20.3 Å². The van der Waals surface area contributed by atoms with Gasteiger partial charge in [-0.2, -0.15) is 5.10 Å². The third kappa shape index (κ3) is 3.31. The Morgan fingerprint density at radius 2 is 2.04 bits per heavy atom. The number of hydrogen-bond acceptors (Lipinski definition) is 4. The van der Waals surface area contributed by atoms with Crippen LogP contribution >= 0.6 is 0 Å². The number of benzene rings is 1. The van der Waals surface area contributed by atoms with E-state index in [0.717, 1.165) is 49.5 Å². The van der Waals surface area contributed by atoms with Gasteiger partial charge >= 0.3 is 0 Å². The van der Waals surface area contributed by atoms with Crippen LogP contribution in [0.3, 0.4) is 0 Å². The predicted molar refractivity (Wildman–Crippen MR) is 102 cm³/mol. The zero-order valence-electron chi connectivity index (χ0n) is 15.5. The zero-order chi connectivity index (χ0) is 17.9. The average molecular weight is 350 g/mol. The van der Waals surface area contributed by atoms with Crippen LogP contribution in [0.2, 0.25) is 0 Å². The van der Waals surface area contributed by atoms with E-state index in [4.69, 9.17) is 4.52 Å². The topological polar surface area (TPSA) is 58.0 Å². The number of rotatable bonds is 6. The number of H-pyrrole nitrogens is 1. The van der Waals surface area contributed by atoms with Crippen LogP contribution in [0.5, 0.6) is 0 Å². The molecule has 2 aromatic heterocycles. The van der Waals surface area contributed by atoms with Crippen molar-refractivity contribution < 1.29 is 4.52 Å². The van der Waals surface area contributed by atoms with Crippen molar-refractivity contribution in [2.45, 2.75) is 52.1 Å². The molecule has 1 aliphatic rings. The number of aromatic nitrogens is 3. The molecule has 5 heteroatoms. The molecule has 0 aliphatic carbocycles. The standard InChI is InChI=1S/C21H26N4O/c1-3-15-7-9-16(10-8-15)21-17(13-22-23-21)14-25-11-5-6-19(25)20-12-18(4-2)24-26-20/h7-10,12-13,19H,3-6,11,14H2,1-2H3,(H,22,23)/t19-/m0/s1. The predicted octanol–water partition coefficient (Wildman–Crippen LogP) is 4.53. The van der Waals surface area contributed by atoms with E-state index in [9.17, 15) is 0 Å². The van der Waals surface area contributed by atoms with Gasteiger partial charge in [-0.05, 0) is 43.4 Å². The van der Waals surface area contributed by atoms with Gasteiger partial charge in [0.15, 0.2) is 5.76 Å². The number of nitrogens with one attached hydrogen (secondary N) is 1. The van der Waals surface area contributed by atoms with E-state index in [-0.39, 0.29) is 0 Å². The summed E-state index contributed by atoms with van der Waals surface area (Å²) < 4.78 is 5.61. The molecule has 1 atom stereocenters. The lowest BCUT2D eigenvalue weighted by Gasteiger charge is -2.22. The van der Waals surface area contributed by atoms with Crippen molar-refractivity contribution >= 4 is 0 Å². The lowest BCUT2D eigenvalue weighted by molar-refractivity contribution is 0.206. The first kappa shape index (κ1) is 17.0. The average Bonchev–Trinajstić information content (AvgIpc) is 3.42. The second-order valence-electron chi connectivity index (χ2n) is 7.02. The van der Waals surface area contributed by atoms with Gasteiger partial charge in [-0.15, -0.1) is 0 Å². The summed E-state index contributed by atoms with van der Waals surface area (Å²) in [5.41, 5.74) is 5.93. The summed E-state index contributed by atoms with van der Waals surface area (Å²) in [4.78, 5) is 2.48. The minimum Gasteiger partial charge on any atom is -0.359 e. The molecular weight excluding hydrogens is 324 g/mol. The van der Waals surface area contributed by atoms with E-state index in [0.29, 0.717) is 6.04 Å². The summed E-state index contributed by atoms with van der Waals surface area (Å²) in [5, 5.41) is 11.7. The largest absolute Gasteiger partial charge is 0.359 e. The molecule has 3 aromatic rings. The van der Waals surface area contributed by atoms with Crippen LogP contribution in [0.1, 0.15) is 55.3 Å². The maximum Gasteiger partial charge on any atom is 0.154 e. The van der Waals surface area contributed by atoms with Gasteiger partial charge in [0.25, 0.3) is 0 Å². The van der Waals surface area contributed by atoms with Gasteiger partial charge in [0.1, 0.15) is 0 Å². The molecule has 3 heterocycles.